The number of anilines is 1. The zero-order chi connectivity index (χ0) is 18.2. The molecule has 3 rings (SSSR count). The number of hydrazine groups is 1. The molecule has 25 heavy (non-hydrogen) atoms. The summed E-state index contributed by atoms with van der Waals surface area (Å²) in [6.45, 7) is 4.57. The number of carbonyl (C=O) groups is 2. The topological polar surface area (TPSA) is 118 Å². The molecule has 134 valence electrons. The van der Waals surface area contributed by atoms with Crippen LogP contribution in [-0.4, -0.2) is 17.0 Å². The number of carbonyl (C=O) groups excluding carboxylic acids is 1. The first kappa shape index (κ1) is 17.7. The predicted molar refractivity (Wildman–Crippen MR) is 94.8 cm³/mol. The second-order valence-electron chi connectivity index (χ2n) is 6.96. The molecule has 0 atom stereocenters. The molecule has 0 unspecified atom stereocenters. The van der Waals surface area contributed by atoms with Crippen LogP contribution in [0.1, 0.15) is 57.4 Å². The highest BCUT2D eigenvalue weighted by Crippen LogP contribution is 2.43. The quantitative estimate of drug-likeness (QED) is 0.479. The molecule has 0 saturated carbocycles. The van der Waals surface area contributed by atoms with E-state index in [1.54, 1.807) is 12.1 Å². The number of carboxylic acid groups (broad SMARTS) is 1. The Balaban J connectivity index is 1.88. The van der Waals surface area contributed by atoms with Gasteiger partial charge in [-0.3, -0.25) is 16.1 Å². The lowest BCUT2D eigenvalue weighted by Gasteiger charge is -2.29. The number of hydrogen-bond donors (Lipinski definition) is 4. The van der Waals surface area contributed by atoms with Crippen LogP contribution < -0.4 is 16.6 Å². The molecule has 1 amide bonds. The number of thiophene rings is 1. The van der Waals surface area contributed by atoms with E-state index in [4.69, 9.17) is 10.3 Å². The van der Waals surface area contributed by atoms with Crippen LogP contribution in [0.5, 0.6) is 0 Å². The van der Waals surface area contributed by atoms with Crippen LogP contribution in [-0.2, 0) is 19.4 Å². The van der Waals surface area contributed by atoms with Crippen molar-refractivity contribution in [1.29, 1.82) is 0 Å². The SMILES string of the molecule is CC1(C)CCc2sc(NC(=O)c3ccc(CNN)o3)c(C(=O)O)c2C1. The Hall–Kier alpha value is -2.16. The van der Waals surface area contributed by atoms with E-state index in [1.807, 2.05) is 0 Å². The number of hydrogen-bond acceptors (Lipinski definition) is 6. The van der Waals surface area contributed by atoms with Crippen molar-refractivity contribution < 1.29 is 19.1 Å². The van der Waals surface area contributed by atoms with Gasteiger partial charge >= 0.3 is 5.97 Å². The molecule has 5 N–H and O–H groups in total. The van der Waals surface area contributed by atoms with Gasteiger partial charge in [0.15, 0.2) is 5.76 Å². The normalized spacial score (nSPS) is 15.6. The Kier molecular flexibility index (Phi) is 4.68. The monoisotopic (exact) mass is 363 g/mol. The molecule has 0 aliphatic heterocycles. The summed E-state index contributed by atoms with van der Waals surface area (Å²) in [5, 5.41) is 12.7. The fraction of sp³-hybridized carbons (Fsp3) is 0.412. The third-order valence-electron chi connectivity index (χ3n) is 4.38. The van der Waals surface area contributed by atoms with E-state index >= 15 is 0 Å². The maximum atomic E-state index is 12.4. The minimum absolute atomic E-state index is 0.0602. The van der Waals surface area contributed by atoms with E-state index in [9.17, 15) is 14.7 Å². The lowest BCUT2D eigenvalue weighted by molar-refractivity contribution is 0.0696. The van der Waals surface area contributed by atoms with Crippen molar-refractivity contribution >= 4 is 28.2 Å². The van der Waals surface area contributed by atoms with Crippen molar-refractivity contribution in [2.75, 3.05) is 5.32 Å². The van der Waals surface area contributed by atoms with Crippen LogP contribution in [0.25, 0.3) is 0 Å². The fourth-order valence-corrected chi connectivity index (χ4v) is 4.30. The summed E-state index contributed by atoms with van der Waals surface area (Å²) < 4.78 is 5.40. The molecule has 2 aromatic rings. The third kappa shape index (κ3) is 3.60. The van der Waals surface area contributed by atoms with Gasteiger partial charge in [-0.1, -0.05) is 13.8 Å². The van der Waals surface area contributed by atoms with Gasteiger partial charge in [0.05, 0.1) is 12.1 Å². The maximum Gasteiger partial charge on any atom is 0.339 e. The summed E-state index contributed by atoms with van der Waals surface area (Å²) in [7, 11) is 0. The molecule has 2 heterocycles. The number of aryl methyl sites for hydroxylation is 1. The summed E-state index contributed by atoms with van der Waals surface area (Å²) in [5.41, 5.74) is 3.56. The molecule has 7 nitrogen and oxygen atoms in total. The molecule has 0 aromatic carbocycles. The number of nitrogens with two attached hydrogens (primary N) is 1. The number of fused-ring (bicyclic) bond motifs is 1. The zero-order valence-electron chi connectivity index (χ0n) is 14.1. The third-order valence-corrected chi connectivity index (χ3v) is 5.58. The number of nitrogens with one attached hydrogen (secondary N) is 2. The van der Waals surface area contributed by atoms with Crippen LogP contribution in [0.15, 0.2) is 16.5 Å². The van der Waals surface area contributed by atoms with E-state index in [2.05, 4.69) is 24.6 Å². The maximum absolute atomic E-state index is 12.4. The minimum atomic E-state index is -1.02. The van der Waals surface area contributed by atoms with Crippen molar-refractivity contribution in [2.24, 2.45) is 11.3 Å². The number of amides is 1. The second kappa shape index (κ2) is 6.62. The molecule has 8 heteroatoms. The fourth-order valence-electron chi connectivity index (χ4n) is 3.09. The number of furan rings is 1. The predicted octanol–water partition coefficient (Wildman–Crippen LogP) is 2.77. The lowest BCUT2D eigenvalue weighted by Crippen LogP contribution is -2.22. The first-order valence-electron chi connectivity index (χ1n) is 8.02. The summed E-state index contributed by atoms with van der Waals surface area (Å²) in [4.78, 5) is 25.2. The second-order valence-corrected chi connectivity index (χ2v) is 8.06. The van der Waals surface area contributed by atoms with Gasteiger partial charge in [0.25, 0.3) is 5.91 Å². The van der Waals surface area contributed by atoms with Crippen LogP contribution >= 0.6 is 11.3 Å². The van der Waals surface area contributed by atoms with Crippen LogP contribution in [0.2, 0.25) is 0 Å². The molecule has 0 saturated heterocycles. The zero-order valence-corrected chi connectivity index (χ0v) is 15.0. The lowest BCUT2D eigenvalue weighted by atomic mass is 9.76. The Morgan fingerprint density at radius 2 is 2.16 bits per heavy atom. The summed E-state index contributed by atoms with van der Waals surface area (Å²) >= 11 is 1.34. The smallest absolute Gasteiger partial charge is 0.339 e. The van der Waals surface area contributed by atoms with Gasteiger partial charge in [-0.05, 0) is 42.4 Å². The molecule has 0 fully saturated rings. The first-order chi connectivity index (χ1) is 11.8. The van der Waals surface area contributed by atoms with Gasteiger partial charge in [-0.2, -0.15) is 0 Å². The van der Waals surface area contributed by atoms with Crippen molar-refractivity contribution in [3.8, 4) is 0 Å². The van der Waals surface area contributed by atoms with Crippen molar-refractivity contribution in [2.45, 2.75) is 39.7 Å². The summed E-state index contributed by atoms with van der Waals surface area (Å²) in [5.74, 6) is 4.39. The molecular formula is C17H21N3O4S. The largest absolute Gasteiger partial charge is 0.478 e. The summed E-state index contributed by atoms with van der Waals surface area (Å²) in [6, 6.07) is 3.19. The van der Waals surface area contributed by atoms with Crippen molar-refractivity contribution in [3.63, 3.8) is 0 Å². The van der Waals surface area contributed by atoms with Gasteiger partial charge in [0.2, 0.25) is 0 Å². The van der Waals surface area contributed by atoms with Gasteiger partial charge < -0.3 is 14.8 Å². The van der Waals surface area contributed by atoms with E-state index < -0.39 is 11.9 Å². The van der Waals surface area contributed by atoms with E-state index in [0.717, 1.165) is 23.3 Å². The van der Waals surface area contributed by atoms with Crippen LogP contribution in [0.4, 0.5) is 5.00 Å². The van der Waals surface area contributed by atoms with Crippen LogP contribution in [0, 0.1) is 5.41 Å². The molecule has 0 spiro atoms. The van der Waals surface area contributed by atoms with Crippen LogP contribution in [0.3, 0.4) is 0 Å². The van der Waals surface area contributed by atoms with Gasteiger partial charge in [0.1, 0.15) is 10.8 Å². The van der Waals surface area contributed by atoms with Gasteiger partial charge in [-0.15, -0.1) is 11.3 Å². The Morgan fingerprint density at radius 1 is 1.40 bits per heavy atom. The van der Waals surface area contributed by atoms with E-state index in [1.165, 1.54) is 11.3 Å². The van der Waals surface area contributed by atoms with E-state index in [-0.39, 0.29) is 16.7 Å². The van der Waals surface area contributed by atoms with Crippen molar-refractivity contribution in [3.05, 3.63) is 39.7 Å². The van der Waals surface area contributed by atoms with Gasteiger partial charge in [-0.25, -0.2) is 4.79 Å². The average Bonchev–Trinajstić information content (AvgIpc) is 3.10. The highest BCUT2D eigenvalue weighted by Gasteiger charge is 2.33. The first-order valence-corrected chi connectivity index (χ1v) is 8.84. The van der Waals surface area contributed by atoms with Crippen molar-refractivity contribution in [1.82, 2.24) is 5.43 Å². The number of rotatable bonds is 5. The summed E-state index contributed by atoms with van der Waals surface area (Å²) in [6.07, 6.45) is 2.53. The average molecular weight is 363 g/mol. The number of carboxylic acids is 1. The molecule has 1 aliphatic carbocycles. The molecule has 0 bridgehead atoms. The molecule has 1 aliphatic rings. The Labute approximate surface area is 149 Å². The molecule has 2 aromatic heterocycles. The highest BCUT2D eigenvalue weighted by atomic mass is 32.1. The Bertz CT molecular complexity index is 822. The molecule has 0 radical (unpaired) electrons. The highest BCUT2D eigenvalue weighted by molar-refractivity contribution is 7.17. The van der Waals surface area contributed by atoms with Gasteiger partial charge in [0, 0.05) is 4.88 Å². The number of aromatic carboxylic acids is 1. The standard InChI is InChI=1S/C17H21N3O4S/c1-17(2)6-5-12-10(7-17)13(16(22)23)15(25-12)20-14(21)11-4-3-9(24-11)8-19-18/h3-4,19H,5-8,18H2,1-2H3,(H,20,21)(H,22,23). The minimum Gasteiger partial charge on any atom is -0.478 e. The van der Waals surface area contributed by atoms with E-state index in [0.29, 0.717) is 23.7 Å². The molecular weight excluding hydrogens is 342 g/mol. The Morgan fingerprint density at radius 3 is 2.84 bits per heavy atom.